The van der Waals surface area contributed by atoms with Gasteiger partial charge in [0.25, 0.3) is 0 Å². The maximum absolute atomic E-state index is 6.50. The lowest BCUT2D eigenvalue weighted by atomic mass is 9.79. The van der Waals surface area contributed by atoms with Crippen LogP contribution in [0.4, 0.5) is 17.3 Å². The summed E-state index contributed by atoms with van der Waals surface area (Å²) in [5.74, 6) is 1.73. The molecule has 2 aromatic heterocycles. The quantitative estimate of drug-likeness (QED) is 0.152. The van der Waals surface area contributed by atoms with Gasteiger partial charge in [0.05, 0.1) is 27.9 Å². The molecule has 0 bridgehead atoms. The van der Waals surface area contributed by atoms with Gasteiger partial charge in [-0.25, -0.2) is 4.98 Å². The van der Waals surface area contributed by atoms with Crippen LogP contribution in [0.3, 0.4) is 0 Å². The van der Waals surface area contributed by atoms with Gasteiger partial charge in [0.1, 0.15) is 0 Å². The van der Waals surface area contributed by atoms with Gasteiger partial charge in [-0.2, -0.15) is 9.97 Å². The fraction of sp³-hybridized carbons (Fsp3) is 0.122. The van der Waals surface area contributed by atoms with Gasteiger partial charge in [-0.1, -0.05) is 127 Å². The third-order valence-corrected chi connectivity index (χ3v) is 11.5. The molecule has 0 saturated carbocycles. The summed E-state index contributed by atoms with van der Waals surface area (Å²) in [5.41, 5.74) is 7.05. The van der Waals surface area contributed by atoms with Crippen LogP contribution >= 0.6 is 0 Å². The zero-order valence-corrected chi connectivity index (χ0v) is 32.3. The van der Waals surface area contributed by atoms with Crippen molar-refractivity contribution in [1.29, 1.82) is 0 Å². The molecule has 57 heavy (non-hydrogen) atoms. The molecule has 0 unspecified atom stereocenters. The molecule has 7 nitrogen and oxygen atoms in total. The third-order valence-electron chi connectivity index (χ3n) is 11.5. The van der Waals surface area contributed by atoms with E-state index in [4.69, 9.17) is 24.3 Å². The number of hydrogen-bond donors (Lipinski definition) is 0. The van der Waals surface area contributed by atoms with Crippen molar-refractivity contribution in [3.05, 3.63) is 170 Å². The summed E-state index contributed by atoms with van der Waals surface area (Å²) in [4.78, 5) is 17.5. The Morgan fingerprint density at radius 3 is 1.74 bits per heavy atom. The van der Waals surface area contributed by atoms with E-state index in [1.165, 1.54) is 10.8 Å². The lowest BCUT2D eigenvalue weighted by Gasteiger charge is -2.32. The standard InChI is InChI=1S/C49H40BN5O2/c1-48(2)49(3,4)57-50(56-48)36-26-31-41-40-23-13-14-24-43(40)54(44(41)32-36)37-27-29-38(30-28-37)55(42-25-15-21-33-16-11-12-22-39(33)42)47-52-45(34-17-7-5-8-18-34)51-46(53-47)35-19-9-6-10-20-35/h5-32H,1-4H3. The Morgan fingerprint density at radius 2 is 1.07 bits per heavy atom. The molecule has 0 N–H and O–H groups in total. The summed E-state index contributed by atoms with van der Waals surface area (Å²) >= 11 is 0. The van der Waals surface area contributed by atoms with Crippen LogP contribution in [0.25, 0.3) is 61.0 Å². The van der Waals surface area contributed by atoms with Crippen molar-refractivity contribution < 1.29 is 9.31 Å². The van der Waals surface area contributed by atoms with E-state index < -0.39 is 18.3 Å². The Balaban J connectivity index is 1.15. The Kier molecular flexibility index (Phi) is 8.29. The number of nitrogens with zero attached hydrogens (tertiary/aromatic N) is 5. The zero-order valence-electron chi connectivity index (χ0n) is 32.3. The monoisotopic (exact) mass is 741 g/mol. The van der Waals surface area contributed by atoms with E-state index in [0.717, 1.165) is 55.5 Å². The SMILES string of the molecule is CC1(C)OB(c2ccc3c4ccccc4n(-c4ccc(N(c5nc(-c6ccccc6)nc(-c6ccccc6)n5)c5cccc6ccccc56)cc4)c3c2)OC1(C)C. The second-order valence-electron chi connectivity index (χ2n) is 15.6. The molecule has 10 rings (SSSR count). The number of rotatable bonds is 7. The summed E-state index contributed by atoms with van der Waals surface area (Å²) in [5, 5.41) is 4.56. The molecular weight excluding hydrogens is 701 g/mol. The van der Waals surface area contributed by atoms with Gasteiger partial charge in [-0.3, -0.25) is 4.90 Å². The maximum atomic E-state index is 6.50. The van der Waals surface area contributed by atoms with Crippen molar-refractivity contribution in [3.63, 3.8) is 0 Å². The first kappa shape index (κ1) is 34.9. The van der Waals surface area contributed by atoms with E-state index in [0.29, 0.717) is 17.6 Å². The van der Waals surface area contributed by atoms with Gasteiger partial charge >= 0.3 is 7.12 Å². The lowest BCUT2D eigenvalue weighted by Crippen LogP contribution is -2.41. The van der Waals surface area contributed by atoms with Gasteiger partial charge in [0.15, 0.2) is 11.6 Å². The molecule has 1 aliphatic rings. The predicted octanol–water partition coefficient (Wildman–Crippen LogP) is 11.2. The molecule has 7 aromatic carbocycles. The fourth-order valence-corrected chi connectivity index (χ4v) is 7.81. The van der Waals surface area contributed by atoms with Gasteiger partial charge < -0.3 is 13.9 Å². The van der Waals surface area contributed by atoms with E-state index in [9.17, 15) is 0 Å². The highest BCUT2D eigenvalue weighted by Crippen LogP contribution is 2.41. The summed E-state index contributed by atoms with van der Waals surface area (Å²) in [7, 11) is -0.468. The van der Waals surface area contributed by atoms with Gasteiger partial charge in [-0.05, 0) is 81.0 Å². The minimum absolute atomic E-state index is 0.437. The topological polar surface area (TPSA) is 65.3 Å². The van der Waals surface area contributed by atoms with Crippen molar-refractivity contribution in [2.24, 2.45) is 0 Å². The fourth-order valence-electron chi connectivity index (χ4n) is 7.81. The Morgan fingerprint density at radius 1 is 0.509 bits per heavy atom. The summed E-state index contributed by atoms with van der Waals surface area (Å²) < 4.78 is 15.3. The molecule has 0 amide bonds. The Bertz CT molecular complexity index is 2850. The molecular formula is C49H40BN5O2. The number of fused-ring (bicyclic) bond motifs is 4. The third kappa shape index (κ3) is 6.05. The molecule has 0 radical (unpaired) electrons. The van der Waals surface area contributed by atoms with Crippen molar-refractivity contribution >= 4 is 62.5 Å². The van der Waals surface area contributed by atoms with Crippen molar-refractivity contribution in [2.45, 2.75) is 38.9 Å². The van der Waals surface area contributed by atoms with Crippen LogP contribution in [-0.4, -0.2) is 37.8 Å². The molecule has 9 aromatic rings. The van der Waals surface area contributed by atoms with E-state index in [1.807, 2.05) is 60.7 Å². The zero-order chi connectivity index (χ0) is 38.7. The molecule has 1 fully saturated rings. The molecule has 0 aliphatic carbocycles. The molecule has 8 heteroatoms. The summed E-state index contributed by atoms with van der Waals surface area (Å²) in [6, 6.07) is 58.8. The minimum atomic E-state index is -0.468. The molecule has 1 aliphatic heterocycles. The van der Waals surface area contributed by atoms with E-state index in [1.54, 1.807) is 0 Å². The molecule has 276 valence electrons. The van der Waals surface area contributed by atoms with Crippen LogP contribution < -0.4 is 10.4 Å². The first-order valence-corrected chi connectivity index (χ1v) is 19.4. The number of aromatic nitrogens is 4. The average Bonchev–Trinajstić information content (AvgIpc) is 3.69. The maximum Gasteiger partial charge on any atom is 0.494 e. The van der Waals surface area contributed by atoms with Crippen LogP contribution in [0.5, 0.6) is 0 Å². The van der Waals surface area contributed by atoms with Gasteiger partial charge in [0.2, 0.25) is 5.95 Å². The number of hydrogen-bond acceptors (Lipinski definition) is 6. The first-order valence-electron chi connectivity index (χ1n) is 19.4. The largest absolute Gasteiger partial charge is 0.494 e. The normalized spacial score (nSPS) is 14.8. The van der Waals surface area contributed by atoms with Crippen molar-refractivity contribution in [3.8, 4) is 28.5 Å². The number of para-hydroxylation sites is 1. The second-order valence-corrected chi connectivity index (χ2v) is 15.6. The number of anilines is 3. The summed E-state index contributed by atoms with van der Waals surface area (Å²) in [6.07, 6.45) is 0. The smallest absolute Gasteiger partial charge is 0.399 e. The highest BCUT2D eigenvalue weighted by Gasteiger charge is 2.51. The minimum Gasteiger partial charge on any atom is -0.399 e. The van der Waals surface area contributed by atoms with E-state index >= 15 is 0 Å². The van der Waals surface area contributed by atoms with Crippen molar-refractivity contribution in [2.75, 3.05) is 4.90 Å². The Labute approximate surface area is 332 Å². The number of benzene rings is 7. The van der Waals surface area contributed by atoms with Crippen molar-refractivity contribution in [1.82, 2.24) is 19.5 Å². The first-order chi connectivity index (χ1) is 27.7. The van der Waals surface area contributed by atoms with E-state index in [2.05, 4.69) is 146 Å². The molecule has 0 spiro atoms. The van der Waals surface area contributed by atoms with Crippen LogP contribution in [-0.2, 0) is 9.31 Å². The lowest BCUT2D eigenvalue weighted by molar-refractivity contribution is 0.00578. The second kappa shape index (κ2) is 13.6. The van der Waals surface area contributed by atoms with Gasteiger partial charge in [0, 0.05) is 38.7 Å². The van der Waals surface area contributed by atoms with E-state index in [-0.39, 0.29) is 0 Å². The van der Waals surface area contributed by atoms with Crippen LogP contribution in [0, 0.1) is 0 Å². The van der Waals surface area contributed by atoms with Crippen LogP contribution in [0.1, 0.15) is 27.7 Å². The van der Waals surface area contributed by atoms with Crippen LogP contribution in [0.15, 0.2) is 170 Å². The average molecular weight is 742 g/mol. The molecule has 1 saturated heterocycles. The Hall–Kier alpha value is -6.61. The predicted molar refractivity (Wildman–Crippen MR) is 233 cm³/mol. The highest BCUT2D eigenvalue weighted by molar-refractivity contribution is 6.62. The molecule has 3 heterocycles. The van der Waals surface area contributed by atoms with Gasteiger partial charge in [-0.15, -0.1) is 0 Å². The highest BCUT2D eigenvalue weighted by atomic mass is 16.7. The van der Waals surface area contributed by atoms with Crippen LogP contribution in [0.2, 0.25) is 0 Å². The summed E-state index contributed by atoms with van der Waals surface area (Å²) in [6.45, 7) is 8.36. The molecule has 0 atom stereocenters.